The standard InChI is InChI=1S/C23H26ClN5O4/c1-27-9-4-6-18(27)17-14-21-28(10-5-11-29(21)26-17)22(31)8-7-20(30)25-23-16(24)12-15(32-2)13-19(23)33-3/h4,6,9,12-14H,5,7-8,10-11H2,1-3H3,(H,25,30). The summed E-state index contributed by atoms with van der Waals surface area (Å²) in [6, 6.07) is 9.09. The smallest absolute Gasteiger partial charge is 0.228 e. The second kappa shape index (κ2) is 9.58. The van der Waals surface area contributed by atoms with Crippen LogP contribution in [0.5, 0.6) is 11.5 Å². The van der Waals surface area contributed by atoms with Gasteiger partial charge in [-0.1, -0.05) is 11.6 Å². The summed E-state index contributed by atoms with van der Waals surface area (Å²) in [5.74, 6) is 1.19. The van der Waals surface area contributed by atoms with Crippen LogP contribution in [-0.4, -0.2) is 46.9 Å². The van der Waals surface area contributed by atoms with Crippen molar-refractivity contribution in [1.82, 2.24) is 14.3 Å². The van der Waals surface area contributed by atoms with Crippen LogP contribution in [0.4, 0.5) is 11.5 Å². The van der Waals surface area contributed by atoms with Gasteiger partial charge in [0.25, 0.3) is 0 Å². The maximum atomic E-state index is 13.0. The van der Waals surface area contributed by atoms with Gasteiger partial charge < -0.3 is 19.4 Å². The van der Waals surface area contributed by atoms with Crippen LogP contribution < -0.4 is 19.7 Å². The summed E-state index contributed by atoms with van der Waals surface area (Å²) < 4.78 is 14.3. The van der Waals surface area contributed by atoms with Crippen molar-refractivity contribution in [1.29, 1.82) is 0 Å². The average Bonchev–Trinajstić information content (AvgIpc) is 3.43. The third kappa shape index (κ3) is 4.68. The van der Waals surface area contributed by atoms with Crippen LogP contribution >= 0.6 is 11.6 Å². The molecule has 1 aromatic carbocycles. The largest absolute Gasteiger partial charge is 0.497 e. The van der Waals surface area contributed by atoms with E-state index in [1.807, 2.05) is 40.7 Å². The first kappa shape index (κ1) is 22.7. The molecule has 1 N–H and O–H groups in total. The molecule has 1 aliphatic rings. The summed E-state index contributed by atoms with van der Waals surface area (Å²) in [5, 5.41) is 7.70. The molecule has 174 valence electrons. The van der Waals surface area contributed by atoms with Crippen LogP contribution in [0.1, 0.15) is 19.3 Å². The number of benzene rings is 1. The van der Waals surface area contributed by atoms with E-state index in [4.69, 9.17) is 21.1 Å². The van der Waals surface area contributed by atoms with Crippen molar-refractivity contribution < 1.29 is 19.1 Å². The number of hydrogen-bond acceptors (Lipinski definition) is 5. The van der Waals surface area contributed by atoms with Crippen molar-refractivity contribution in [3.8, 4) is 22.9 Å². The van der Waals surface area contributed by atoms with E-state index >= 15 is 0 Å². The number of ether oxygens (including phenoxy) is 2. The molecule has 4 rings (SSSR count). The van der Waals surface area contributed by atoms with E-state index in [1.165, 1.54) is 14.2 Å². The number of hydrogen-bond donors (Lipinski definition) is 1. The van der Waals surface area contributed by atoms with E-state index in [-0.39, 0.29) is 24.7 Å². The van der Waals surface area contributed by atoms with Crippen molar-refractivity contribution in [3.05, 3.63) is 41.6 Å². The van der Waals surface area contributed by atoms with E-state index in [0.717, 1.165) is 30.2 Å². The molecule has 0 atom stereocenters. The highest BCUT2D eigenvalue weighted by Gasteiger charge is 2.26. The van der Waals surface area contributed by atoms with Gasteiger partial charge in [0.05, 0.1) is 24.9 Å². The van der Waals surface area contributed by atoms with Crippen LogP contribution in [0.15, 0.2) is 36.5 Å². The third-order valence-corrected chi connectivity index (χ3v) is 5.91. The van der Waals surface area contributed by atoms with E-state index < -0.39 is 0 Å². The molecular formula is C23H26ClN5O4. The summed E-state index contributed by atoms with van der Waals surface area (Å²) in [7, 11) is 4.96. The number of carbonyl (C=O) groups excluding carboxylic acids is 2. The Bertz CT molecular complexity index is 1190. The van der Waals surface area contributed by atoms with Crippen molar-refractivity contribution in [2.24, 2.45) is 7.05 Å². The van der Waals surface area contributed by atoms with Gasteiger partial charge in [0.15, 0.2) is 0 Å². The molecule has 1 aliphatic heterocycles. The molecule has 33 heavy (non-hydrogen) atoms. The molecule has 0 spiro atoms. The highest BCUT2D eigenvalue weighted by Crippen LogP contribution is 2.37. The number of rotatable bonds is 7. The van der Waals surface area contributed by atoms with Crippen LogP contribution in [0.25, 0.3) is 11.4 Å². The molecule has 0 aliphatic carbocycles. The number of carbonyl (C=O) groups is 2. The van der Waals surface area contributed by atoms with Crippen molar-refractivity contribution in [2.45, 2.75) is 25.8 Å². The van der Waals surface area contributed by atoms with Gasteiger partial charge >= 0.3 is 0 Å². The first-order chi connectivity index (χ1) is 15.9. The van der Waals surface area contributed by atoms with Gasteiger partial charge in [0.2, 0.25) is 11.8 Å². The minimum absolute atomic E-state index is 0.0135. The fourth-order valence-corrected chi connectivity index (χ4v) is 4.15. The van der Waals surface area contributed by atoms with Gasteiger partial charge in [-0.05, 0) is 18.6 Å². The molecule has 0 bridgehead atoms. The predicted octanol–water partition coefficient (Wildman–Crippen LogP) is 3.71. The maximum Gasteiger partial charge on any atom is 0.228 e. The summed E-state index contributed by atoms with van der Waals surface area (Å²) in [5.41, 5.74) is 2.14. The lowest BCUT2D eigenvalue weighted by Gasteiger charge is -2.27. The normalized spacial score (nSPS) is 12.9. The molecule has 0 unspecified atom stereocenters. The summed E-state index contributed by atoms with van der Waals surface area (Å²) >= 11 is 6.27. The summed E-state index contributed by atoms with van der Waals surface area (Å²) in [6.07, 6.45) is 2.84. The van der Waals surface area contributed by atoms with E-state index in [2.05, 4.69) is 10.4 Å². The Kier molecular flexibility index (Phi) is 6.60. The van der Waals surface area contributed by atoms with Gasteiger partial charge in [0.1, 0.15) is 28.7 Å². The number of amides is 2. The molecule has 3 aromatic rings. The van der Waals surface area contributed by atoms with Crippen LogP contribution in [0.3, 0.4) is 0 Å². The molecule has 3 heterocycles. The number of halogens is 1. The number of anilines is 2. The van der Waals surface area contributed by atoms with E-state index in [0.29, 0.717) is 28.8 Å². The summed E-state index contributed by atoms with van der Waals surface area (Å²) in [6.45, 7) is 1.34. The fourth-order valence-electron chi connectivity index (χ4n) is 3.90. The van der Waals surface area contributed by atoms with Crippen molar-refractivity contribution in [3.63, 3.8) is 0 Å². The molecule has 9 nitrogen and oxygen atoms in total. The lowest BCUT2D eigenvalue weighted by atomic mass is 10.2. The number of methoxy groups -OCH3 is 2. The molecule has 0 radical (unpaired) electrons. The lowest BCUT2D eigenvalue weighted by Crippen LogP contribution is -2.37. The Morgan fingerprint density at radius 2 is 1.97 bits per heavy atom. The molecule has 2 aromatic heterocycles. The van der Waals surface area contributed by atoms with E-state index in [1.54, 1.807) is 17.0 Å². The zero-order valence-corrected chi connectivity index (χ0v) is 19.6. The van der Waals surface area contributed by atoms with Gasteiger partial charge in [-0.25, -0.2) is 4.68 Å². The fraction of sp³-hybridized carbons (Fsp3) is 0.348. The summed E-state index contributed by atoms with van der Waals surface area (Å²) in [4.78, 5) is 27.3. The topological polar surface area (TPSA) is 90.6 Å². The Hall–Kier alpha value is -3.46. The number of fused-ring (bicyclic) bond motifs is 1. The van der Waals surface area contributed by atoms with Gasteiger partial charge in [-0.15, -0.1) is 0 Å². The van der Waals surface area contributed by atoms with Crippen molar-refractivity contribution in [2.75, 3.05) is 31.0 Å². The SMILES string of the molecule is COc1cc(Cl)c(NC(=O)CCC(=O)N2CCCn3nc(-c4cccn4C)cc32)c(OC)c1. The Balaban J connectivity index is 1.43. The lowest BCUT2D eigenvalue weighted by molar-refractivity contribution is -0.122. The number of aromatic nitrogens is 3. The second-order valence-electron chi connectivity index (χ2n) is 7.75. The Morgan fingerprint density at radius 1 is 1.15 bits per heavy atom. The number of nitrogens with zero attached hydrogens (tertiary/aromatic N) is 4. The zero-order valence-electron chi connectivity index (χ0n) is 18.8. The molecule has 2 amide bonds. The minimum Gasteiger partial charge on any atom is -0.497 e. The third-order valence-electron chi connectivity index (χ3n) is 5.61. The molecule has 0 saturated carbocycles. The number of aryl methyl sites for hydroxylation is 2. The Morgan fingerprint density at radius 3 is 2.67 bits per heavy atom. The molecular weight excluding hydrogens is 446 g/mol. The van der Waals surface area contributed by atoms with Gasteiger partial charge in [0, 0.05) is 57.4 Å². The zero-order chi connectivity index (χ0) is 23.5. The molecule has 10 heteroatoms. The van der Waals surface area contributed by atoms with Crippen molar-refractivity contribution >= 4 is 34.9 Å². The van der Waals surface area contributed by atoms with Crippen LogP contribution in [-0.2, 0) is 23.2 Å². The molecule has 0 fully saturated rings. The first-order valence-electron chi connectivity index (χ1n) is 10.6. The quantitative estimate of drug-likeness (QED) is 0.567. The monoisotopic (exact) mass is 471 g/mol. The van der Waals surface area contributed by atoms with Crippen LogP contribution in [0, 0.1) is 0 Å². The van der Waals surface area contributed by atoms with E-state index in [9.17, 15) is 9.59 Å². The average molecular weight is 472 g/mol. The Labute approximate surface area is 196 Å². The number of nitrogens with one attached hydrogen (secondary N) is 1. The minimum atomic E-state index is -0.330. The maximum absolute atomic E-state index is 13.0. The first-order valence-corrected chi connectivity index (χ1v) is 11.0. The van der Waals surface area contributed by atoms with Crippen LogP contribution in [0.2, 0.25) is 5.02 Å². The van der Waals surface area contributed by atoms with Gasteiger partial charge in [-0.3, -0.25) is 14.5 Å². The molecule has 0 saturated heterocycles. The highest BCUT2D eigenvalue weighted by molar-refractivity contribution is 6.34. The second-order valence-corrected chi connectivity index (χ2v) is 8.16. The van der Waals surface area contributed by atoms with Gasteiger partial charge in [-0.2, -0.15) is 5.10 Å². The highest BCUT2D eigenvalue weighted by atomic mass is 35.5. The predicted molar refractivity (Wildman–Crippen MR) is 126 cm³/mol.